The molecule has 1 aliphatic rings. The van der Waals surface area contributed by atoms with Gasteiger partial charge in [-0.3, -0.25) is 20.2 Å². The molecule has 3 aromatic carbocycles. The standard InChI is InChI=1S/C25H17ClIN3O8/c1-2-36-22-11-15(9-19(27)23(22)37-13-14-3-6-17(7-4-14)29(32)33)10-20-25(31)38-24(28-20)16-5-8-18(26)21(12-16)30(34)35/h3-12H,2,13H2,1H3/b20-10-. The lowest BCUT2D eigenvalue weighted by Gasteiger charge is -2.15. The maximum absolute atomic E-state index is 12.5. The van der Waals surface area contributed by atoms with Crippen LogP contribution in [0.2, 0.25) is 5.02 Å². The summed E-state index contributed by atoms with van der Waals surface area (Å²) in [6.45, 7) is 2.32. The first-order valence-corrected chi connectivity index (χ1v) is 12.4. The second kappa shape index (κ2) is 11.6. The summed E-state index contributed by atoms with van der Waals surface area (Å²) in [4.78, 5) is 37.6. The number of carbonyl (C=O) groups excluding carboxylic acids is 1. The average molecular weight is 650 g/mol. The fourth-order valence-electron chi connectivity index (χ4n) is 3.42. The first-order chi connectivity index (χ1) is 18.2. The molecule has 0 saturated carbocycles. The number of nitro groups is 2. The van der Waals surface area contributed by atoms with E-state index in [-0.39, 0.29) is 40.2 Å². The number of benzene rings is 3. The fourth-order valence-corrected chi connectivity index (χ4v) is 4.39. The smallest absolute Gasteiger partial charge is 0.363 e. The Balaban J connectivity index is 1.60. The number of esters is 1. The molecule has 0 aliphatic carbocycles. The summed E-state index contributed by atoms with van der Waals surface area (Å²) in [5, 5.41) is 22.0. The molecule has 4 rings (SSSR count). The average Bonchev–Trinajstić information content (AvgIpc) is 3.24. The highest BCUT2D eigenvalue weighted by Crippen LogP contribution is 2.36. The van der Waals surface area contributed by atoms with E-state index >= 15 is 0 Å². The van der Waals surface area contributed by atoms with Gasteiger partial charge in [0.15, 0.2) is 17.2 Å². The van der Waals surface area contributed by atoms with Gasteiger partial charge in [-0.15, -0.1) is 0 Å². The lowest BCUT2D eigenvalue weighted by atomic mass is 10.1. The molecule has 194 valence electrons. The summed E-state index contributed by atoms with van der Waals surface area (Å²) in [7, 11) is 0. The Labute approximate surface area is 234 Å². The minimum absolute atomic E-state index is 0.00426. The molecular weight excluding hydrogens is 633 g/mol. The van der Waals surface area contributed by atoms with Gasteiger partial charge in [0.25, 0.3) is 11.4 Å². The molecule has 3 aromatic rings. The minimum atomic E-state index is -0.718. The van der Waals surface area contributed by atoms with Crippen LogP contribution in [-0.4, -0.2) is 28.3 Å². The summed E-state index contributed by atoms with van der Waals surface area (Å²) in [6.07, 6.45) is 1.50. The summed E-state index contributed by atoms with van der Waals surface area (Å²) >= 11 is 7.93. The van der Waals surface area contributed by atoms with Gasteiger partial charge in [0.2, 0.25) is 5.90 Å². The van der Waals surface area contributed by atoms with Gasteiger partial charge in [-0.2, -0.15) is 0 Å². The molecule has 0 aromatic heterocycles. The highest BCUT2D eigenvalue weighted by Gasteiger charge is 2.26. The van der Waals surface area contributed by atoms with Crippen molar-refractivity contribution in [1.82, 2.24) is 0 Å². The van der Waals surface area contributed by atoms with Crippen LogP contribution in [0.15, 0.2) is 65.3 Å². The molecule has 0 amide bonds. The molecule has 0 fully saturated rings. The van der Waals surface area contributed by atoms with Gasteiger partial charge < -0.3 is 14.2 Å². The van der Waals surface area contributed by atoms with Crippen LogP contribution < -0.4 is 9.47 Å². The molecule has 0 saturated heterocycles. The number of nitrogens with zero attached hydrogens (tertiary/aromatic N) is 3. The molecule has 0 spiro atoms. The molecule has 0 radical (unpaired) electrons. The van der Waals surface area contributed by atoms with E-state index in [9.17, 15) is 25.0 Å². The molecule has 0 unspecified atom stereocenters. The number of carbonyl (C=O) groups is 1. The lowest BCUT2D eigenvalue weighted by Crippen LogP contribution is -2.06. The third-order valence-electron chi connectivity index (χ3n) is 5.18. The Bertz CT molecular complexity index is 1510. The summed E-state index contributed by atoms with van der Waals surface area (Å²) in [6, 6.07) is 13.5. The summed E-state index contributed by atoms with van der Waals surface area (Å²) in [5.74, 6) is 0.101. The minimum Gasteiger partial charge on any atom is -0.490 e. The Morgan fingerprint density at radius 2 is 1.79 bits per heavy atom. The molecular formula is C25H17ClIN3O8. The predicted molar refractivity (Wildman–Crippen MR) is 146 cm³/mol. The van der Waals surface area contributed by atoms with Crippen LogP contribution in [0.4, 0.5) is 11.4 Å². The van der Waals surface area contributed by atoms with E-state index in [1.165, 1.54) is 36.4 Å². The number of cyclic esters (lactones) is 1. The molecule has 11 nitrogen and oxygen atoms in total. The molecule has 13 heteroatoms. The van der Waals surface area contributed by atoms with Crippen molar-refractivity contribution < 1.29 is 28.9 Å². The Kier molecular flexibility index (Phi) is 8.22. The Hall–Kier alpha value is -4.04. The molecule has 1 aliphatic heterocycles. The van der Waals surface area contributed by atoms with Crippen molar-refractivity contribution >= 4 is 63.5 Å². The van der Waals surface area contributed by atoms with Crippen molar-refractivity contribution in [2.75, 3.05) is 6.61 Å². The second-order valence-electron chi connectivity index (χ2n) is 7.73. The number of hydrogen-bond acceptors (Lipinski definition) is 9. The van der Waals surface area contributed by atoms with Crippen LogP contribution in [0.1, 0.15) is 23.6 Å². The van der Waals surface area contributed by atoms with Crippen molar-refractivity contribution in [1.29, 1.82) is 0 Å². The first kappa shape index (κ1) is 27.0. The number of ether oxygens (including phenoxy) is 3. The first-order valence-electron chi connectivity index (χ1n) is 11.0. The van der Waals surface area contributed by atoms with Crippen LogP contribution in [0.25, 0.3) is 6.08 Å². The second-order valence-corrected chi connectivity index (χ2v) is 9.30. The topological polar surface area (TPSA) is 143 Å². The van der Waals surface area contributed by atoms with Crippen LogP contribution in [-0.2, 0) is 16.1 Å². The van der Waals surface area contributed by atoms with Crippen molar-refractivity contribution in [3.8, 4) is 11.5 Å². The SMILES string of the molecule is CCOc1cc(/C=C2\N=C(c3ccc(Cl)c([N+](=O)[O-])c3)OC2=O)cc(I)c1OCc1ccc([N+](=O)[O-])cc1. The van der Waals surface area contributed by atoms with Gasteiger partial charge in [-0.25, -0.2) is 9.79 Å². The van der Waals surface area contributed by atoms with E-state index in [0.29, 0.717) is 27.2 Å². The van der Waals surface area contributed by atoms with Crippen molar-refractivity contribution in [3.05, 3.63) is 106 Å². The quantitative estimate of drug-likeness (QED) is 0.0892. The van der Waals surface area contributed by atoms with E-state index in [1.807, 2.05) is 6.92 Å². The molecule has 0 bridgehead atoms. The van der Waals surface area contributed by atoms with E-state index in [2.05, 4.69) is 27.6 Å². The highest BCUT2D eigenvalue weighted by atomic mass is 127. The monoisotopic (exact) mass is 649 g/mol. The van der Waals surface area contributed by atoms with E-state index < -0.39 is 15.8 Å². The van der Waals surface area contributed by atoms with Crippen molar-refractivity contribution in [3.63, 3.8) is 0 Å². The fraction of sp³-hybridized carbons (Fsp3) is 0.120. The highest BCUT2D eigenvalue weighted by molar-refractivity contribution is 14.1. The number of nitro benzene ring substituents is 2. The zero-order valence-corrected chi connectivity index (χ0v) is 22.5. The molecule has 38 heavy (non-hydrogen) atoms. The van der Waals surface area contributed by atoms with Crippen LogP contribution in [0, 0.1) is 23.8 Å². The van der Waals surface area contributed by atoms with Gasteiger partial charge in [0.1, 0.15) is 11.6 Å². The Morgan fingerprint density at radius 1 is 1.05 bits per heavy atom. The van der Waals surface area contributed by atoms with Crippen molar-refractivity contribution in [2.24, 2.45) is 4.99 Å². The molecule has 0 atom stereocenters. The summed E-state index contributed by atoms with van der Waals surface area (Å²) < 4.78 is 17.6. The van der Waals surface area contributed by atoms with Gasteiger partial charge >= 0.3 is 5.97 Å². The van der Waals surface area contributed by atoms with Gasteiger partial charge in [-0.1, -0.05) is 11.6 Å². The van der Waals surface area contributed by atoms with Crippen molar-refractivity contribution in [2.45, 2.75) is 13.5 Å². The molecule has 0 N–H and O–H groups in total. The third-order valence-corrected chi connectivity index (χ3v) is 6.30. The van der Waals surface area contributed by atoms with Crippen LogP contribution >= 0.6 is 34.2 Å². The lowest BCUT2D eigenvalue weighted by molar-refractivity contribution is -0.385. The van der Waals surface area contributed by atoms with Crippen LogP contribution in [0.3, 0.4) is 0 Å². The maximum atomic E-state index is 12.5. The summed E-state index contributed by atoms with van der Waals surface area (Å²) in [5.41, 5.74) is 1.20. The van der Waals surface area contributed by atoms with E-state index in [1.54, 1.807) is 24.3 Å². The zero-order chi connectivity index (χ0) is 27.4. The van der Waals surface area contributed by atoms with Gasteiger partial charge in [0, 0.05) is 23.8 Å². The third kappa shape index (κ3) is 6.08. The normalized spacial score (nSPS) is 13.7. The number of halogens is 2. The van der Waals surface area contributed by atoms with Gasteiger partial charge in [-0.05, 0) is 83.1 Å². The van der Waals surface area contributed by atoms with E-state index in [0.717, 1.165) is 5.56 Å². The number of hydrogen-bond donors (Lipinski definition) is 0. The van der Waals surface area contributed by atoms with Crippen LogP contribution in [0.5, 0.6) is 11.5 Å². The van der Waals surface area contributed by atoms with E-state index in [4.69, 9.17) is 25.8 Å². The number of rotatable bonds is 9. The Morgan fingerprint density at radius 3 is 2.45 bits per heavy atom. The van der Waals surface area contributed by atoms with Gasteiger partial charge in [0.05, 0.1) is 20.0 Å². The predicted octanol–water partition coefficient (Wildman–Crippen LogP) is 6.08. The number of aliphatic imine (C=N–C) groups is 1. The molecule has 1 heterocycles. The number of non-ortho nitro benzene ring substituents is 1. The maximum Gasteiger partial charge on any atom is 0.363 e. The largest absolute Gasteiger partial charge is 0.490 e. The zero-order valence-electron chi connectivity index (χ0n) is 19.6.